The minimum atomic E-state index is 0.279. The van der Waals surface area contributed by atoms with E-state index in [4.69, 9.17) is 17.2 Å². The van der Waals surface area contributed by atoms with E-state index in [0.29, 0.717) is 17.4 Å². The lowest BCUT2D eigenvalue weighted by atomic mass is 9.59. The van der Waals surface area contributed by atoms with E-state index in [2.05, 4.69) is 20.8 Å². The van der Waals surface area contributed by atoms with Gasteiger partial charge in [0, 0.05) is 6.04 Å². The maximum atomic E-state index is 6.46. The highest BCUT2D eigenvalue weighted by molar-refractivity contribution is 4.94. The summed E-state index contributed by atoms with van der Waals surface area (Å²) in [5.74, 6) is 0.634. The van der Waals surface area contributed by atoms with Crippen molar-refractivity contribution < 1.29 is 0 Å². The zero-order chi connectivity index (χ0) is 14.5. The third-order valence-corrected chi connectivity index (χ3v) is 4.81. The van der Waals surface area contributed by atoms with Gasteiger partial charge in [-0.25, -0.2) is 0 Å². The van der Waals surface area contributed by atoms with Gasteiger partial charge in [-0.2, -0.15) is 0 Å². The molecule has 0 aromatic carbocycles. The summed E-state index contributed by atoms with van der Waals surface area (Å²) in [5, 5.41) is 0. The molecule has 19 heavy (non-hydrogen) atoms. The van der Waals surface area contributed by atoms with Gasteiger partial charge in [0.05, 0.1) is 0 Å². The van der Waals surface area contributed by atoms with E-state index in [-0.39, 0.29) is 5.41 Å². The van der Waals surface area contributed by atoms with Crippen LogP contribution in [0.25, 0.3) is 0 Å². The predicted molar refractivity (Wildman–Crippen MR) is 83.8 cm³/mol. The third kappa shape index (κ3) is 5.41. The van der Waals surface area contributed by atoms with Gasteiger partial charge >= 0.3 is 0 Å². The second kappa shape index (κ2) is 7.05. The first-order valence-electron chi connectivity index (χ1n) is 7.98. The van der Waals surface area contributed by atoms with Gasteiger partial charge in [-0.3, -0.25) is 0 Å². The van der Waals surface area contributed by atoms with Gasteiger partial charge in [-0.05, 0) is 61.9 Å². The molecular weight excluding hydrogens is 234 g/mol. The highest BCUT2D eigenvalue weighted by Crippen LogP contribution is 2.49. The molecule has 1 saturated carbocycles. The molecule has 1 rings (SSSR count). The Labute approximate surface area is 119 Å². The van der Waals surface area contributed by atoms with Crippen LogP contribution in [0.3, 0.4) is 0 Å². The summed E-state index contributed by atoms with van der Waals surface area (Å²) in [6.45, 7) is 8.66. The summed E-state index contributed by atoms with van der Waals surface area (Å²) in [6.07, 6.45) is 8.38. The molecule has 0 aliphatic heterocycles. The van der Waals surface area contributed by atoms with Crippen LogP contribution in [0.15, 0.2) is 0 Å². The zero-order valence-electron chi connectivity index (χ0n) is 13.3. The van der Waals surface area contributed by atoms with Crippen LogP contribution in [0, 0.1) is 16.7 Å². The monoisotopic (exact) mass is 269 g/mol. The quantitative estimate of drug-likeness (QED) is 0.622. The molecule has 3 unspecified atom stereocenters. The largest absolute Gasteiger partial charge is 0.330 e. The van der Waals surface area contributed by atoms with E-state index >= 15 is 0 Å². The van der Waals surface area contributed by atoms with Crippen molar-refractivity contribution in [1.29, 1.82) is 0 Å². The predicted octanol–water partition coefficient (Wildman–Crippen LogP) is 2.62. The van der Waals surface area contributed by atoms with Crippen molar-refractivity contribution in [3.05, 3.63) is 0 Å². The van der Waals surface area contributed by atoms with Crippen molar-refractivity contribution in [1.82, 2.24) is 0 Å². The Bertz CT molecular complexity index is 265. The van der Waals surface area contributed by atoms with Crippen molar-refractivity contribution in [2.24, 2.45) is 33.9 Å². The van der Waals surface area contributed by atoms with Crippen LogP contribution in [0.5, 0.6) is 0 Å². The highest BCUT2D eigenvalue weighted by atomic mass is 14.7. The highest BCUT2D eigenvalue weighted by Gasteiger charge is 2.41. The minimum Gasteiger partial charge on any atom is -0.330 e. The molecule has 0 bridgehead atoms. The molecule has 0 spiro atoms. The number of unbranched alkanes of at least 4 members (excludes halogenated alkanes) is 2. The van der Waals surface area contributed by atoms with E-state index in [0.717, 1.165) is 25.9 Å². The number of nitrogens with two attached hydrogens (primary N) is 3. The molecule has 0 heterocycles. The Kier molecular flexibility index (Phi) is 6.28. The molecular formula is C16H35N3. The standard InChI is InChI=1S/C16H35N3/c1-15(2)9-13(10-16(3,11-15)12-18)14(19)7-5-4-6-8-17/h13-14H,4-12,17-19H2,1-3H3. The average Bonchev–Trinajstić information content (AvgIpc) is 2.32. The maximum absolute atomic E-state index is 6.46. The number of rotatable bonds is 7. The van der Waals surface area contributed by atoms with Gasteiger partial charge in [-0.1, -0.05) is 33.6 Å². The first-order chi connectivity index (χ1) is 8.82. The molecule has 0 saturated heterocycles. The Morgan fingerprint density at radius 3 is 2.32 bits per heavy atom. The van der Waals surface area contributed by atoms with E-state index < -0.39 is 0 Å². The molecule has 114 valence electrons. The third-order valence-electron chi connectivity index (χ3n) is 4.81. The summed E-state index contributed by atoms with van der Waals surface area (Å²) in [6, 6.07) is 0.336. The van der Waals surface area contributed by atoms with Gasteiger partial charge in [0.1, 0.15) is 0 Å². The fourth-order valence-electron chi connectivity index (χ4n) is 4.11. The fraction of sp³-hybridized carbons (Fsp3) is 1.00. The second-order valence-corrected chi connectivity index (χ2v) is 7.83. The lowest BCUT2D eigenvalue weighted by Gasteiger charge is -2.48. The van der Waals surface area contributed by atoms with Crippen molar-refractivity contribution in [2.45, 2.75) is 71.8 Å². The van der Waals surface area contributed by atoms with E-state index in [9.17, 15) is 0 Å². The second-order valence-electron chi connectivity index (χ2n) is 7.83. The van der Waals surface area contributed by atoms with Crippen molar-refractivity contribution in [3.8, 4) is 0 Å². The first-order valence-corrected chi connectivity index (χ1v) is 7.98. The lowest BCUT2D eigenvalue weighted by molar-refractivity contribution is 0.0474. The van der Waals surface area contributed by atoms with E-state index in [1.165, 1.54) is 32.1 Å². The van der Waals surface area contributed by atoms with Crippen molar-refractivity contribution in [3.63, 3.8) is 0 Å². The Balaban J connectivity index is 2.51. The Morgan fingerprint density at radius 1 is 1.05 bits per heavy atom. The molecule has 1 aliphatic carbocycles. The van der Waals surface area contributed by atoms with Gasteiger partial charge in [0.25, 0.3) is 0 Å². The topological polar surface area (TPSA) is 78.1 Å². The average molecular weight is 269 g/mol. The van der Waals surface area contributed by atoms with Crippen molar-refractivity contribution >= 4 is 0 Å². The van der Waals surface area contributed by atoms with Crippen LogP contribution in [-0.2, 0) is 0 Å². The molecule has 6 N–H and O–H groups in total. The van der Waals surface area contributed by atoms with Crippen LogP contribution < -0.4 is 17.2 Å². The molecule has 0 amide bonds. The van der Waals surface area contributed by atoms with Gasteiger partial charge in [0.2, 0.25) is 0 Å². The molecule has 3 heteroatoms. The molecule has 0 aromatic rings. The van der Waals surface area contributed by atoms with Crippen LogP contribution in [0.4, 0.5) is 0 Å². The van der Waals surface area contributed by atoms with Gasteiger partial charge < -0.3 is 17.2 Å². The maximum Gasteiger partial charge on any atom is 0.00675 e. The Morgan fingerprint density at radius 2 is 1.74 bits per heavy atom. The summed E-state index contributed by atoms with van der Waals surface area (Å²) in [7, 11) is 0. The normalized spacial score (nSPS) is 32.2. The van der Waals surface area contributed by atoms with Gasteiger partial charge in [-0.15, -0.1) is 0 Å². The number of hydrogen-bond acceptors (Lipinski definition) is 3. The van der Waals surface area contributed by atoms with Crippen LogP contribution in [0.2, 0.25) is 0 Å². The van der Waals surface area contributed by atoms with Crippen molar-refractivity contribution in [2.75, 3.05) is 13.1 Å². The summed E-state index contributed by atoms with van der Waals surface area (Å²) < 4.78 is 0. The number of hydrogen-bond donors (Lipinski definition) is 3. The summed E-state index contributed by atoms with van der Waals surface area (Å²) in [5.41, 5.74) is 18.7. The molecule has 0 radical (unpaired) electrons. The van der Waals surface area contributed by atoms with Crippen LogP contribution in [-0.4, -0.2) is 19.1 Å². The van der Waals surface area contributed by atoms with Crippen LogP contribution in [0.1, 0.15) is 65.7 Å². The van der Waals surface area contributed by atoms with Gasteiger partial charge in [0.15, 0.2) is 0 Å². The van der Waals surface area contributed by atoms with Crippen LogP contribution >= 0.6 is 0 Å². The molecule has 0 aromatic heterocycles. The molecule has 1 aliphatic rings. The van der Waals surface area contributed by atoms with E-state index in [1.54, 1.807) is 0 Å². The summed E-state index contributed by atoms with van der Waals surface area (Å²) in [4.78, 5) is 0. The summed E-state index contributed by atoms with van der Waals surface area (Å²) >= 11 is 0. The lowest BCUT2D eigenvalue weighted by Crippen LogP contribution is -2.45. The smallest absolute Gasteiger partial charge is 0.00675 e. The fourth-order valence-corrected chi connectivity index (χ4v) is 4.11. The first kappa shape index (κ1) is 16.9. The molecule has 1 fully saturated rings. The molecule has 3 nitrogen and oxygen atoms in total. The minimum absolute atomic E-state index is 0.279. The SMILES string of the molecule is CC1(C)CC(C(N)CCCCCN)CC(C)(CN)C1. The van der Waals surface area contributed by atoms with E-state index in [1.807, 2.05) is 0 Å². The Hall–Kier alpha value is -0.120. The molecule has 3 atom stereocenters. The zero-order valence-corrected chi connectivity index (χ0v) is 13.3.